The highest BCUT2D eigenvalue weighted by Gasteiger charge is 2.38. The van der Waals surface area contributed by atoms with E-state index in [-0.39, 0.29) is 62.5 Å². The molecule has 41 heteroatoms. The van der Waals surface area contributed by atoms with Crippen LogP contribution in [-0.4, -0.2) is 244 Å². The summed E-state index contributed by atoms with van der Waals surface area (Å²) in [7, 11) is 0. The van der Waals surface area contributed by atoms with Gasteiger partial charge in [0.05, 0.1) is 12.7 Å². The van der Waals surface area contributed by atoms with Crippen molar-refractivity contribution in [3.05, 3.63) is 0 Å². The Morgan fingerprint density at radius 1 is 0.381 bits per heavy atom. The Morgan fingerprint density at radius 3 is 0.990 bits per heavy atom. The fourth-order valence-corrected chi connectivity index (χ4v) is 10.0. The van der Waals surface area contributed by atoms with Crippen molar-refractivity contribution in [1.29, 1.82) is 0 Å². The number of aliphatic carboxylic acids is 1. The van der Waals surface area contributed by atoms with Crippen LogP contribution in [0.4, 0.5) is 0 Å². The lowest BCUT2D eigenvalue weighted by Gasteiger charge is -2.29. The number of amides is 15. The molecule has 0 heterocycles. The second kappa shape index (κ2) is 47.6. The average molecular weight is 1440 g/mol. The molecular weight excluding hydrogens is 1340 g/mol. The zero-order valence-electron chi connectivity index (χ0n) is 55.4. The quantitative estimate of drug-likeness (QED) is 0.0153. The standard InChI is InChI=1S/C56H99N19O19S3/c1-26(2)42(74-45(83)29(57)25-76)53(91)71-31(10-14-38(58)78)46(84)65-27(3)44(82)66-35(18-22-95-5)50(88)67-30(9-8-21-64-56(62)63)52(90)75-43(28(4)77)54(92)72-34(13-17-41(61)81)48(86)70-36(19-23-96-6)51(89)69-32(11-15-39(59)79)47(85)68-33(12-16-40(60)80)49(87)73-37(55(93)94)20-24-97-7/h26-37,42-43,76-77H,8-25,57H2,1-7H3,(H2,58,78)(H2,59,79)(H2,60,80)(H2,61,81)(H,65,84)(H,66,82)(H,67,88)(H,68,85)(H,69,89)(H,70,86)(H,71,91)(H,72,92)(H,73,87)(H,74,83)(H,75,90)(H,93,94)(H4,62,63,64)/t27-,28+,29-,30-,31-,32-,33-,34-,35-,36-,37-,42-,43-/m0/s1. The molecule has 13 atom stereocenters. The van der Waals surface area contributed by atoms with Crippen LogP contribution in [-0.2, 0) is 76.7 Å². The number of primary amides is 4. The first kappa shape index (κ1) is 88.7. The van der Waals surface area contributed by atoms with Crippen molar-refractivity contribution in [1.82, 2.24) is 58.5 Å². The zero-order chi connectivity index (χ0) is 74.2. The van der Waals surface area contributed by atoms with E-state index < -0.39 is 231 Å². The van der Waals surface area contributed by atoms with Crippen molar-refractivity contribution in [2.45, 2.75) is 190 Å². The molecule has 0 unspecified atom stereocenters. The van der Waals surface area contributed by atoms with Crippen LogP contribution >= 0.6 is 35.3 Å². The summed E-state index contributed by atoms with van der Waals surface area (Å²) >= 11 is 3.77. The summed E-state index contributed by atoms with van der Waals surface area (Å²) in [6, 6.07) is -18.7. The fraction of sp³-hybridized carbons (Fsp3) is 0.696. The number of carbonyl (C=O) groups excluding carboxylic acids is 15. The van der Waals surface area contributed by atoms with Gasteiger partial charge in [-0.25, -0.2) is 4.79 Å². The smallest absolute Gasteiger partial charge is 0.326 e. The van der Waals surface area contributed by atoms with E-state index in [1.807, 2.05) is 0 Å². The van der Waals surface area contributed by atoms with E-state index in [9.17, 15) is 92.0 Å². The summed E-state index contributed by atoms with van der Waals surface area (Å²) in [4.78, 5) is 216. The number of hydrogen-bond donors (Lipinski definition) is 21. The van der Waals surface area contributed by atoms with Gasteiger partial charge >= 0.3 is 5.97 Å². The monoisotopic (exact) mass is 1440 g/mol. The minimum Gasteiger partial charge on any atom is -0.480 e. The molecule has 15 amide bonds. The van der Waals surface area contributed by atoms with E-state index in [0.29, 0.717) is 5.75 Å². The maximum absolute atomic E-state index is 14.3. The van der Waals surface area contributed by atoms with Crippen LogP contribution in [0.2, 0.25) is 0 Å². The maximum atomic E-state index is 14.3. The molecule has 28 N–H and O–H groups in total. The number of aliphatic hydroxyl groups excluding tert-OH is 2. The molecule has 0 fully saturated rings. The molecule has 0 spiro atoms. The number of carbonyl (C=O) groups is 16. The molecule has 0 bridgehead atoms. The van der Waals surface area contributed by atoms with Gasteiger partial charge in [0.1, 0.15) is 72.5 Å². The number of nitrogens with zero attached hydrogens (tertiary/aromatic N) is 1. The van der Waals surface area contributed by atoms with Crippen molar-refractivity contribution in [2.75, 3.05) is 49.2 Å². The molecule has 0 radical (unpaired) electrons. The van der Waals surface area contributed by atoms with Gasteiger partial charge in [-0.1, -0.05) is 13.8 Å². The van der Waals surface area contributed by atoms with Gasteiger partial charge in [0.15, 0.2) is 5.96 Å². The molecule has 0 saturated heterocycles. The van der Waals surface area contributed by atoms with Gasteiger partial charge < -0.3 is 114 Å². The molecule has 0 aliphatic heterocycles. The van der Waals surface area contributed by atoms with Crippen LogP contribution in [0.3, 0.4) is 0 Å². The lowest BCUT2D eigenvalue weighted by atomic mass is 10.0. The topological polar surface area (TPSA) is 661 Å². The minimum atomic E-state index is -1.96. The van der Waals surface area contributed by atoms with Gasteiger partial charge in [-0.2, -0.15) is 35.3 Å². The Balaban J connectivity index is 7.05. The molecule has 550 valence electrons. The first-order valence-electron chi connectivity index (χ1n) is 30.7. The first-order valence-corrected chi connectivity index (χ1v) is 34.9. The molecular formula is C56H99N19O19S3. The Hall–Kier alpha value is -8.28. The number of hydrogen-bond acceptors (Lipinski definition) is 23. The van der Waals surface area contributed by atoms with Crippen molar-refractivity contribution in [3.8, 4) is 0 Å². The van der Waals surface area contributed by atoms with Crippen LogP contribution in [0.25, 0.3) is 0 Å². The van der Waals surface area contributed by atoms with Crippen LogP contribution in [0.1, 0.15) is 111 Å². The third kappa shape index (κ3) is 36.6. The molecule has 0 saturated carbocycles. The van der Waals surface area contributed by atoms with Gasteiger partial charge in [-0.15, -0.1) is 0 Å². The van der Waals surface area contributed by atoms with Gasteiger partial charge in [0, 0.05) is 32.2 Å². The number of nitrogens with two attached hydrogens (primary N) is 7. The number of thioether (sulfide) groups is 3. The minimum absolute atomic E-state index is 0.0138. The van der Waals surface area contributed by atoms with E-state index in [1.54, 1.807) is 32.6 Å². The number of aliphatic imine (C=N–C) groups is 1. The predicted octanol–water partition coefficient (Wildman–Crippen LogP) is -8.84. The highest BCUT2D eigenvalue weighted by Crippen LogP contribution is 2.13. The second-order valence-corrected chi connectivity index (χ2v) is 25.6. The molecule has 0 aromatic carbocycles. The van der Waals surface area contributed by atoms with E-state index >= 15 is 0 Å². The molecule has 0 aromatic heterocycles. The number of carboxylic acids is 1. The summed E-state index contributed by atoms with van der Waals surface area (Å²) < 4.78 is 0. The predicted molar refractivity (Wildman–Crippen MR) is 359 cm³/mol. The van der Waals surface area contributed by atoms with Crippen LogP contribution in [0.5, 0.6) is 0 Å². The van der Waals surface area contributed by atoms with Crippen molar-refractivity contribution in [3.63, 3.8) is 0 Å². The Labute approximate surface area is 573 Å². The van der Waals surface area contributed by atoms with Crippen LogP contribution in [0, 0.1) is 5.92 Å². The Morgan fingerprint density at radius 2 is 0.670 bits per heavy atom. The first-order chi connectivity index (χ1) is 45.4. The highest BCUT2D eigenvalue weighted by atomic mass is 32.2. The van der Waals surface area contributed by atoms with E-state index in [2.05, 4.69) is 63.5 Å². The van der Waals surface area contributed by atoms with Crippen LogP contribution < -0.4 is 98.6 Å². The fourth-order valence-electron chi connectivity index (χ4n) is 8.59. The number of carboxylic acid groups (broad SMARTS) is 1. The molecule has 38 nitrogen and oxygen atoms in total. The van der Waals surface area contributed by atoms with Crippen molar-refractivity contribution < 1.29 is 92.0 Å². The van der Waals surface area contributed by atoms with Crippen LogP contribution in [0.15, 0.2) is 4.99 Å². The van der Waals surface area contributed by atoms with Gasteiger partial charge in [0.25, 0.3) is 0 Å². The van der Waals surface area contributed by atoms with Gasteiger partial charge in [0.2, 0.25) is 88.6 Å². The summed E-state index contributed by atoms with van der Waals surface area (Å²) in [6.45, 7) is 4.60. The Bertz CT molecular complexity index is 2730. The van der Waals surface area contributed by atoms with E-state index in [0.717, 1.165) is 6.92 Å². The second-order valence-electron chi connectivity index (χ2n) is 22.6. The zero-order valence-corrected chi connectivity index (χ0v) is 57.8. The summed E-state index contributed by atoms with van der Waals surface area (Å²) in [5.41, 5.74) is 38.1. The molecule has 0 aliphatic rings. The Kier molecular flexibility index (Phi) is 43.5. The van der Waals surface area contributed by atoms with Gasteiger partial charge in [-0.3, -0.25) is 76.9 Å². The van der Waals surface area contributed by atoms with E-state index in [4.69, 9.17) is 40.1 Å². The number of nitrogens with one attached hydrogen (secondary N) is 11. The van der Waals surface area contributed by atoms with Crippen molar-refractivity contribution >= 4 is 136 Å². The largest absolute Gasteiger partial charge is 0.480 e. The number of aliphatic hydroxyl groups is 2. The molecule has 97 heavy (non-hydrogen) atoms. The summed E-state index contributed by atoms with van der Waals surface area (Å²) in [5.74, 6) is -16.6. The number of rotatable bonds is 51. The summed E-state index contributed by atoms with van der Waals surface area (Å²) in [5, 5.41) is 56.5. The average Bonchev–Trinajstić information content (AvgIpc) is 0.913. The highest BCUT2D eigenvalue weighted by molar-refractivity contribution is 7.99. The van der Waals surface area contributed by atoms with Crippen molar-refractivity contribution in [2.24, 2.45) is 51.0 Å². The maximum Gasteiger partial charge on any atom is 0.326 e. The third-order valence-corrected chi connectivity index (χ3v) is 16.1. The number of guanidine groups is 1. The molecule has 0 aromatic rings. The van der Waals surface area contributed by atoms with E-state index in [1.165, 1.54) is 42.2 Å². The normalized spacial score (nSPS) is 15.0. The molecule has 0 aliphatic carbocycles. The SMILES string of the molecule is CSCC[C@H](NC(=O)[C@H](CCC(N)=O)NC(=O)[C@H](CCC(N)=O)NC(=O)[C@H](CCSC)NC(=O)[C@H](CCC(N)=O)NC(=O)[C@@H](NC(=O)[C@H](CCCN=C(N)N)NC(=O)[C@H](CCSC)NC(=O)[C@H](C)NC(=O)[C@H](CCC(N)=O)NC(=O)[C@@H](NC(=O)[C@@H](N)CO)C(C)C)[C@@H](C)O)C(=O)O. The van der Waals surface area contributed by atoms with Gasteiger partial charge in [-0.05, 0) is 114 Å². The third-order valence-electron chi connectivity index (χ3n) is 14.1. The lowest BCUT2D eigenvalue weighted by Crippen LogP contribution is -2.62. The lowest BCUT2D eigenvalue weighted by molar-refractivity contribution is -0.142. The summed E-state index contributed by atoms with van der Waals surface area (Å²) in [6.07, 6.45) is -1.12. The molecule has 0 rings (SSSR count).